The third kappa shape index (κ3) is 1.83. The zero-order valence-electron chi connectivity index (χ0n) is 6.94. The van der Waals surface area contributed by atoms with Crippen molar-refractivity contribution in [3.05, 3.63) is 18.0 Å². The van der Waals surface area contributed by atoms with E-state index in [4.69, 9.17) is 10.4 Å². The highest BCUT2D eigenvalue weighted by Crippen LogP contribution is 2.09. The second-order valence-electron chi connectivity index (χ2n) is 2.57. The molecule has 12 heavy (non-hydrogen) atoms. The van der Waals surface area contributed by atoms with E-state index in [2.05, 4.69) is 5.10 Å². The number of aryl methyl sites for hydroxylation is 1. The van der Waals surface area contributed by atoms with Gasteiger partial charge in [0.15, 0.2) is 6.10 Å². The predicted octanol–water partition coefficient (Wildman–Crippen LogP) is 0.850. The highest BCUT2D eigenvalue weighted by molar-refractivity contribution is 5.14. The first-order valence-corrected chi connectivity index (χ1v) is 3.88. The lowest BCUT2D eigenvalue weighted by Gasteiger charge is -1.96. The summed E-state index contributed by atoms with van der Waals surface area (Å²) in [5.74, 6) is 0. The first kappa shape index (κ1) is 8.75. The van der Waals surface area contributed by atoms with E-state index in [1.807, 2.05) is 6.92 Å². The lowest BCUT2D eigenvalue weighted by molar-refractivity contribution is 0.236. The molecule has 0 amide bonds. The number of aliphatic hydroxyl groups excluding tert-OH is 1. The van der Waals surface area contributed by atoms with Gasteiger partial charge in [0, 0.05) is 18.3 Å². The maximum absolute atomic E-state index is 9.10. The first-order valence-electron chi connectivity index (χ1n) is 3.88. The molecule has 0 aromatic carbocycles. The standard InChI is InChI=1S/C8H11N3O/c1-2-3-11-6-7(5-10-11)8(12)4-9/h5-6,8,12H,2-3H2,1H3. The molecule has 4 nitrogen and oxygen atoms in total. The third-order valence-corrected chi connectivity index (χ3v) is 1.54. The third-order valence-electron chi connectivity index (χ3n) is 1.54. The molecule has 0 bridgehead atoms. The lowest BCUT2D eigenvalue weighted by atomic mass is 10.2. The summed E-state index contributed by atoms with van der Waals surface area (Å²) in [6.45, 7) is 2.86. The van der Waals surface area contributed by atoms with E-state index < -0.39 is 6.10 Å². The van der Waals surface area contributed by atoms with E-state index in [-0.39, 0.29) is 0 Å². The van der Waals surface area contributed by atoms with Crippen LogP contribution in [-0.4, -0.2) is 14.9 Å². The van der Waals surface area contributed by atoms with Gasteiger partial charge in [-0.1, -0.05) is 6.92 Å². The molecule has 1 aromatic heterocycles. The number of hydrogen-bond donors (Lipinski definition) is 1. The normalized spacial score (nSPS) is 12.4. The van der Waals surface area contributed by atoms with Gasteiger partial charge in [0.25, 0.3) is 0 Å². The summed E-state index contributed by atoms with van der Waals surface area (Å²) in [4.78, 5) is 0. The molecule has 1 aromatic rings. The van der Waals surface area contributed by atoms with Crippen molar-refractivity contribution in [3.63, 3.8) is 0 Å². The summed E-state index contributed by atoms with van der Waals surface area (Å²) in [6, 6.07) is 1.74. The zero-order chi connectivity index (χ0) is 8.97. The van der Waals surface area contributed by atoms with Crippen LogP contribution in [0, 0.1) is 11.3 Å². The van der Waals surface area contributed by atoms with Gasteiger partial charge in [0.2, 0.25) is 0 Å². The van der Waals surface area contributed by atoms with Crippen molar-refractivity contribution in [2.24, 2.45) is 0 Å². The molecule has 0 saturated carbocycles. The predicted molar refractivity (Wildman–Crippen MR) is 43.1 cm³/mol. The van der Waals surface area contributed by atoms with Crippen molar-refractivity contribution in [2.45, 2.75) is 26.0 Å². The van der Waals surface area contributed by atoms with Crippen LogP contribution < -0.4 is 0 Å². The number of aliphatic hydroxyl groups is 1. The van der Waals surface area contributed by atoms with E-state index in [0.29, 0.717) is 5.56 Å². The van der Waals surface area contributed by atoms with Gasteiger partial charge < -0.3 is 5.11 Å². The van der Waals surface area contributed by atoms with Gasteiger partial charge in [-0.3, -0.25) is 4.68 Å². The molecule has 0 radical (unpaired) electrons. The van der Waals surface area contributed by atoms with Crippen LogP contribution in [0.15, 0.2) is 12.4 Å². The Labute approximate surface area is 71.1 Å². The van der Waals surface area contributed by atoms with Crippen molar-refractivity contribution in [3.8, 4) is 6.07 Å². The van der Waals surface area contributed by atoms with Crippen LogP contribution in [-0.2, 0) is 6.54 Å². The summed E-state index contributed by atoms with van der Waals surface area (Å²) in [7, 11) is 0. The van der Waals surface area contributed by atoms with Crippen LogP contribution in [0.4, 0.5) is 0 Å². The summed E-state index contributed by atoms with van der Waals surface area (Å²) in [5.41, 5.74) is 0.561. The number of nitriles is 1. The Hall–Kier alpha value is -1.34. The molecule has 0 aliphatic heterocycles. The maximum Gasteiger partial charge on any atom is 0.168 e. The number of nitrogens with zero attached hydrogens (tertiary/aromatic N) is 3. The average Bonchev–Trinajstić information content (AvgIpc) is 2.52. The van der Waals surface area contributed by atoms with Gasteiger partial charge in [-0.2, -0.15) is 10.4 Å². The summed E-state index contributed by atoms with van der Waals surface area (Å²) in [6.07, 6.45) is 3.15. The molecular weight excluding hydrogens is 154 g/mol. The smallest absolute Gasteiger partial charge is 0.168 e. The monoisotopic (exact) mass is 165 g/mol. The average molecular weight is 165 g/mol. The van der Waals surface area contributed by atoms with Crippen LogP contribution in [0.2, 0.25) is 0 Å². The van der Waals surface area contributed by atoms with Crippen molar-refractivity contribution < 1.29 is 5.11 Å². The van der Waals surface area contributed by atoms with Gasteiger partial charge in [-0.15, -0.1) is 0 Å². The molecule has 0 aliphatic rings. The molecule has 0 aliphatic carbocycles. The minimum absolute atomic E-state index is 0.561. The fourth-order valence-corrected chi connectivity index (χ4v) is 0.947. The van der Waals surface area contributed by atoms with Gasteiger partial charge >= 0.3 is 0 Å². The minimum Gasteiger partial charge on any atom is -0.374 e. The van der Waals surface area contributed by atoms with Crippen molar-refractivity contribution in [2.75, 3.05) is 0 Å². The second kappa shape index (κ2) is 3.88. The number of hydrogen-bond acceptors (Lipinski definition) is 3. The van der Waals surface area contributed by atoms with E-state index in [9.17, 15) is 0 Å². The van der Waals surface area contributed by atoms with E-state index in [0.717, 1.165) is 13.0 Å². The molecule has 0 fully saturated rings. The van der Waals surface area contributed by atoms with Crippen molar-refractivity contribution in [1.82, 2.24) is 9.78 Å². The quantitative estimate of drug-likeness (QED) is 0.675. The molecule has 1 N–H and O–H groups in total. The topological polar surface area (TPSA) is 61.8 Å². The molecule has 1 atom stereocenters. The molecule has 64 valence electrons. The number of aromatic nitrogens is 2. The maximum atomic E-state index is 9.10. The second-order valence-corrected chi connectivity index (χ2v) is 2.57. The fourth-order valence-electron chi connectivity index (χ4n) is 0.947. The fraction of sp³-hybridized carbons (Fsp3) is 0.500. The Morgan fingerprint density at radius 3 is 3.17 bits per heavy atom. The Morgan fingerprint density at radius 2 is 2.58 bits per heavy atom. The van der Waals surface area contributed by atoms with Crippen LogP contribution in [0.5, 0.6) is 0 Å². The molecular formula is C8H11N3O. The largest absolute Gasteiger partial charge is 0.374 e. The Balaban J connectivity index is 2.71. The highest BCUT2D eigenvalue weighted by Gasteiger charge is 2.07. The molecule has 1 rings (SSSR count). The Bertz CT molecular complexity index is 287. The molecule has 1 heterocycles. The van der Waals surface area contributed by atoms with Crippen molar-refractivity contribution in [1.29, 1.82) is 5.26 Å². The van der Waals surface area contributed by atoms with E-state index >= 15 is 0 Å². The van der Waals surface area contributed by atoms with Crippen LogP contribution >= 0.6 is 0 Å². The van der Waals surface area contributed by atoms with E-state index in [1.165, 1.54) is 6.20 Å². The molecule has 4 heteroatoms. The van der Waals surface area contributed by atoms with Gasteiger partial charge in [-0.25, -0.2) is 0 Å². The summed E-state index contributed by atoms with van der Waals surface area (Å²) in [5, 5.41) is 21.5. The highest BCUT2D eigenvalue weighted by atomic mass is 16.3. The minimum atomic E-state index is -1.05. The van der Waals surface area contributed by atoms with Crippen LogP contribution in [0.3, 0.4) is 0 Å². The van der Waals surface area contributed by atoms with Gasteiger partial charge in [0.05, 0.1) is 12.3 Å². The summed E-state index contributed by atoms with van der Waals surface area (Å²) < 4.78 is 1.72. The van der Waals surface area contributed by atoms with Gasteiger partial charge in [-0.05, 0) is 6.42 Å². The number of rotatable bonds is 3. The van der Waals surface area contributed by atoms with E-state index in [1.54, 1.807) is 16.9 Å². The molecule has 1 unspecified atom stereocenters. The molecule has 0 saturated heterocycles. The lowest BCUT2D eigenvalue weighted by Crippen LogP contribution is -1.96. The van der Waals surface area contributed by atoms with Gasteiger partial charge in [0.1, 0.15) is 0 Å². The van der Waals surface area contributed by atoms with Crippen molar-refractivity contribution >= 4 is 0 Å². The molecule has 0 spiro atoms. The zero-order valence-corrected chi connectivity index (χ0v) is 6.94. The Kier molecular flexibility index (Phi) is 2.83. The first-order chi connectivity index (χ1) is 5.77. The van der Waals surface area contributed by atoms with Crippen LogP contribution in [0.1, 0.15) is 25.0 Å². The summed E-state index contributed by atoms with van der Waals surface area (Å²) >= 11 is 0. The Morgan fingerprint density at radius 1 is 1.83 bits per heavy atom. The SMILES string of the molecule is CCCn1cc(C(O)C#N)cn1. The van der Waals surface area contributed by atoms with Crippen LogP contribution in [0.25, 0.3) is 0 Å².